The number of halogens is 2. The van der Waals surface area contributed by atoms with Crippen LogP contribution >= 0.6 is 23.2 Å². The maximum absolute atomic E-state index is 6.07. The Morgan fingerprint density at radius 3 is 2.74 bits per heavy atom. The Bertz CT molecular complexity index is 600. The zero-order chi connectivity index (χ0) is 13.7. The van der Waals surface area contributed by atoms with Gasteiger partial charge in [0.1, 0.15) is 12.4 Å². The van der Waals surface area contributed by atoms with Gasteiger partial charge in [-0.05, 0) is 29.8 Å². The highest BCUT2D eigenvalue weighted by atomic mass is 35.5. The van der Waals surface area contributed by atoms with Crippen molar-refractivity contribution >= 4 is 29.4 Å². The van der Waals surface area contributed by atoms with Gasteiger partial charge in [-0.2, -0.15) is 5.10 Å². The molecule has 0 bridgehead atoms. The summed E-state index contributed by atoms with van der Waals surface area (Å²) in [6.07, 6.45) is 1.56. The van der Waals surface area contributed by atoms with Crippen molar-refractivity contribution in [1.29, 1.82) is 0 Å². The molecular weight excluding hydrogens is 283 g/mol. The summed E-state index contributed by atoms with van der Waals surface area (Å²) in [6.45, 7) is 0.374. The number of rotatable bonds is 4. The molecule has 0 aromatic heterocycles. The highest BCUT2D eigenvalue weighted by Crippen LogP contribution is 2.22. The summed E-state index contributed by atoms with van der Waals surface area (Å²) in [5.74, 6) is 5.83. The van der Waals surface area contributed by atoms with E-state index >= 15 is 0 Å². The minimum Gasteiger partial charge on any atom is -0.489 e. The van der Waals surface area contributed by atoms with Crippen LogP contribution in [0.5, 0.6) is 5.75 Å². The highest BCUT2D eigenvalue weighted by Gasteiger charge is 2.02. The molecule has 5 heteroatoms. The van der Waals surface area contributed by atoms with Crippen LogP contribution in [0, 0.1) is 0 Å². The van der Waals surface area contributed by atoms with E-state index < -0.39 is 0 Å². The largest absolute Gasteiger partial charge is 0.489 e. The second-order valence-corrected chi connectivity index (χ2v) is 4.72. The monoisotopic (exact) mass is 294 g/mol. The molecule has 2 aromatic rings. The van der Waals surface area contributed by atoms with E-state index in [0.29, 0.717) is 16.7 Å². The molecular formula is C14H12Cl2N2O. The zero-order valence-corrected chi connectivity index (χ0v) is 11.5. The predicted octanol–water partition coefficient (Wildman–Crippen LogP) is 3.87. The van der Waals surface area contributed by atoms with Crippen molar-refractivity contribution < 1.29 is 4.74 Å². The molecule has 0 aliphatic carbocycles. The van der Waals surface area contributed by atoms with Gasteiger partial charge in [-0.3, -0.25) is 0 Å². The fourth-order valence-electron chi connectivity index (χ4n) is 1.57. The highest BCUT2D eigenvalue weighted by molar-refractivity contribution is 6.35. The lowest BCUT2D eigenvalue weighted by molar-refractivity contribution is 0.306. The summed E-state index contributed by atoms with van der Waals surface area (Å²) in [6, 6.07) is 12.8. The van der Waals surface area contributed by atoms with Crippen LogP contribution in [0.1, 0.15) is 11.1 Å². The SMILES string of the molecule is NN=Cc1cccc(OCc2ccc(Cl)cc2Cl)c1. The van der Waals surface area contributed by atoms with E-state index in [0.717, 1.165) is 16.9 Å². The van der Waals surface area contributed by atoms with Gasteiger partial charge in [0.2, 0.25) is 0 Å². The average molecular weight is 295 g/mol. The summed E-state index contributed by atoms with van der Waals surface area (Å²) >= 11 is 11.9. The van der Waals surface area contributed by atoms with Crippen molar-refractivity contribution in [2.75, 3.05) is 0 Å². The van der Waals surface area contributed by atoms with Crippen LogP contribution in [0.15, 0.2) is 47.6 Å². The molecule has 0 heterocycles. The Morgan fingerprint density at radius 2 is 2.00 bits per heavy atom. The topological polar surface area (TPSA) is 47.6 Å². The van der Waals surface area contributed by atoms with Gasteiger partial charge < -0.3 is 10.6 Å². The van der Waals surface area contributed by atoms with Crippen LogP contribution < -0.4 is 10.6 Å². The Balaban J connectivity index is 2.07. The Kier molecular flexibility index (Phi) is 4.66. The molecule has 0 amide bonds. The third-order valence-electron chi connectivity index (χ3n) is 2.49. The van der Waals surface area contributed by atoms with Gasteiger partial charge in [0.25, 0.3) is 0 Å². The number of hydrogen-bond acceptors (Lipinski definition) is 3. The first-order valence-corrected chi connectivity index (χ1v) is 6.34. The molecule has 0 unspecified atom stereocenters. The van der Waals surface area contributed by atoms with Crippen molar-refractivity contribution in [2.24, 2.45) is 10.9 Å². The summed E-state index contributed by atoms with van der Waals surface area (Å²) in [7, 11) is 0. The van der Waals surface area contributed by atoms with Crippen molar-refractivity contribution in [3.8, 4) is 5.75 Å². The van der Waals surface area contributed by atoms with Crippen LogP contribution in [0.4, 0.5) is 0 Å². The fourth-order valence-corrected chi connectivity index (χ4v) is 2.03. The molecule has 2 aromatic carbocycles. The van der Waals surface area contributed by atoms with Gasteiger partial charge in [-0.25, -0.2) is 0 Å². The predicted molar refractivity (Wildman–Crippen MR) is 79.0 cm³/mol. The number of benzene rings is 2. The molecule has 0 fully saturated rings. The van der Waals surface area contributed by atoms with Gasteiger partial charge in [-0.1, -0.05) is 41.4 Å². The minimum atomic E-state index is 0.374. The van der Waals surface area contributed by atoms with E-state index in [-0.39, 0.29) is 0 Å². The van der Waals surface area contributed by atoms with E-state index in [2.05, 4.69) is 5.10 Å². The van der Waals surface area contributed by atoms with Crippen molar-refractivity contribution in [1.82, 2.24) is 0 Å². The zero-order valence-electron chi connectivity index (χ0n) is 10.0. The first kappa shape index (κ1) is 13.7. The molecule has 0 radical (unpaired) electrons. The van der Waals surface area contributed by atoms with E-state index in [1.54, 1.807) is 18.3 Å². The van der Waals surface area contributed by atoms with Crippen LogP contribution in [-0.2, 0) is 6.61 Å². The maximum atomic E-state index is 6.07. The third-order valence-corrected chi connectivity index (χ3v) is 3.08. The second-order valence-electron chi connectivity index (χ2n) is 3.88. The quantitative estimate of drug-likeness (QED) is 0.529. The lowest BCUT2D eigenvalue weighted by Crippen LogP contribution is -1.97. The first-order valence-electron chi connectivity index (χ1n) is 5.59. The number of ether oxygens (including phenoxy) is 1. The second kappa shape index (κ2) is 6.45. The van der Waals surface area contributed by atoms with Crippen LogP contribution in [0.3, 0.4) is 0 Å². The molecule has 0 spiro atoms. The molecule has 0 saturated carbocycles. The molecule has 0 saturated heterocycles. The Morgan fingerprint density at radius 1 is 1.16 bits per heavy atom. The molecule has 2 N–H and O–H groups in total. The molecule has 19 heavy (non-hydrogen) atoms. The number of hydrogen-bond donors (Lipinski definition) is 1. The van der Waals surface area contributed by atoms with Gasteiger partial charge in [0.05, 0.1) is 6.21 Å². The van der Waals surface area contributed by atoms with Crippen molar-refractivity contribution in [3.05, 3.63) is 63.6 Å². The summed E-state index contributed by atoms with van der Waals surface area (Å²) < 4.78 is 5.67. The number of hydrazone groups is 1. The molecule has 0 aliphatic rings. The molecule has 98 valence electrons. The fraction of sp³-hybridized carbons (Fsp3) is 0.0714. The number of nitrogens with zero attached hydrogens (tertiary/aromatic N) is 1. The molecule has 0 aliphatic heterocycles. The van der Waals surface area contributed by atoms with E-state index in [1.807, 2.05) is 30.3 Å². The number of nitrogens with two attached hydrogens (primary N) is 1. The summed E-state index contributed by atoms with van der Waals surface area (Å²) in [5, 5.41) is 4.67. The van der Waals surface area contributed by atoms with Crippen molar-refractivity contribution in [2.45, 2.75) is 6.61 Å². The normalized spacial score (nSPS) is 10.8. The summed E-state index contributed by atoms with van der Waals surface area (Å²) in [5.41, 5.74) is 1.76. The van der Waals surface area contributed by atoms with Crippen LogP contribution in [0.25, 0.3) is 0 Å². The average Bonchev–Trinajstić information content (AvgIpc) is 2.38. The Labute approximate surface area is 121 Å². The van der Waals surface area contributed by atoms with Crippen molar-refractivity contribution in [3.63, 3.8) is 0 Å². The van der Waals surface area contributed by atoms with Gasteiger partial charge in [0.15, 0.2) is 0 Å². The van der Waals surface area contributed by atoms with Crippen LogP contribution in [0.2, 0.25) is 10.0 Å². The summed E-state index contributed by atoms with van der Waals surface area (Å²) in [4.78, 5) is 0. The lowest BCUT2D eigenvalue weighted by Gasteiger charge is -2.08. The van der Waals surface area contributed by atoms with Crippen LogP contribution in [-0.4, -0.2) is 6.21 Å². The van der Waals surface area contributed by atoms with Gasteiger partial charge in [0, 0.05) is 15.6 Å². The standard InChI is InChI=1S/C14H12Cl2N2O/c15-12-5-4-11(14(16)7-12)9-19-13-3-1-2-10(6-13)8-18-17/h1-8H,9,17H2. The lowest BCUT2D eigenvalue weighted by atomic mass is 10.2. The van der Waals surface area contributed by atoms with Gasteiger partial charge in [-0.15, -0.1) is 0 Å². The van der Waals surface area contributed by atoms with E-state index in [9.17, 15) is 0 Å². The minimum absolute atomic E-state index is 0.374. The van der Waals surface area contributed by atoms with Gasteiger partial charge >= 0.3 is 0 Å². The molecule has 0 atom stereocenters. The van der Waals surface area contributed by atoms with E-state index in [1.165, 1.54) is 0 Å². The molecule has 3 nitrogen and oxygen atoms in total. The first-order chi connectivity index (χ1) is 9.19. The smallest absolute Gasteiger partial charge is 0.120 e. The Hall–Kier alpha value is -1.71. The molecule has 2 rings (SSSR count). The third kappa shape index (κ3) is 3.88. The van der Waals surface area contributed by atoms with E-state index in [4.69, 9.17) is 33.8 Å². The maximum Gasteiger partial charge on any atom is 0.120 e.